The maximum Gasteiger partial charge on any atom is 0.270 e. The molecule has 1 amide bonds. The number of nitrogens with one attached hydrogen (secondary N) is 2. The smallest absolute Gasteiger partial charge is 0.270 e. The van der Waals surface area contributed by atoms with Gasteiger partial charge in [0.1, 0.15) is 17.8 Å². The van der Waals surface area contributed by atoms with Gasteiger partial charge in [-0.15, -0.1) is 0 Å². The van der Waals surface area contributed by atoms with Crippen molar-refractivity contribution in [2.24, 2.45) is 0 Å². The lowest BCUT2D eigenvalue weighted by atomic mass is 10.1. The molecule has 3 aromatic rings. The molecule has 0 aliphatic rings. The van der Waals surface area contributed by atoms with Crippen molar-refractivity contribution >= 4 is 17.4 Å². The maximum atomic E-state index is 12.3. The summed E-state index contributed by atoms with van der Waals surface area (Å²) < 4.78 is 0. The van der Waals surface area contributed by atoms with E-state index in [1.807, 2.05) is 38.1 Å². The lowest BCUT2D eigenvalue weighted by Crippen LogP contribution is -2.24. The van der Waals surface area contributed by atoms with E-state index in [4.69, 9.17) is 0 Å². The van der Waals surface area contributed by atoms with Crippen LogP contribution in [-0.2, 0) is 6.54 Å². The SMILES string of the molecule is Cc1ccc(Nc2cc(C(=O)NCc3ccncc3)ncn2)c(C)c1. The molecule has 0 radical (unpaired) electrons. The van der Waals surface area contributed by atoms with Crippen molar-refractivity contribution in [3.05, 3.63) is 77.5 Å². The number of amides is 1. The number of nitrogens with zero attached hydrogens (tertiary/aromatic N) is 3. The van der Waals surface area contributed by atoms with E-state index in [0.29, 0.717) is 18.1 Å². The average molecular weight is 333 g/mol. The molecule has 2 N–H and O–H groups in total. The van der Waals surface area contributed by atoms with Crippen LogP contribution in [-0.4, -0.2) is 20.9 Å². The summed E-state index contributed by atoms with van der Waals surface area (Å²) in [5, 5.41) is 6.07. The Labute approximate surface area is 146 Å². The number of benzene rings is 1. The van der Waals surface area contributed by atoms with Crippen molar-refractivity contribution in [2.45, 2.75) is 20.4 Å². The predicted octanol–water partition coefficient (Wildman–Crippen LogP) is 3.16. The second-order valence-corrected chi connectivity index (χ2v) is 5.77. The first kappa shape index (κ1) is 16.6. The van der Waals surface area contributed by atoms with Crippen LogP contribution in [0, 0.1) is 13.8 Å². The minimum atomic E-state index is -0.247. The molecule has 0 saturated heterocycles. The molecule has 0 fully saturated rings. The van der Waals surface area contributed by atoms with Crippen LogP contribution in [0.2, 0.25) is 0 Å². The van der Waals surface area contributed by atoms with E-state index >= 15 is 0 Å². The number of carbonyl (C=O) groups excluding carboxylic acids is 1. The Bertz CT molecular complexity index is 880. The Morgan fingerprint density at radius 2 is 1.84 bits per heavy atom. The zero-order valence-electron chi connectivity index (χ0n) is 14.2. The zero-order chi connectivity index (χ0) is 17.6. The number of anilines is 2. The number of aromatic nitrogens is 3. The molecule has 25 heavy (non-hydrogen) atoms. The molecular formula is C19H19N5O. The molecule has 0 aliphatic carbocycles. The zero-order valence-corrected chi connectivity index (χ0v) is 14.2. The third-order valence-corrected chi connectivity index (χ3v) is 3.75. The molecule has 3 rings (SSSR count). The summed E-state index contributed by atoms with van der Waals surface area (Å²) in [6.07, 6.45) is 4.77. The van der Waals surface area contributed by atoms with Crippen molar-refractivity contribution in [1.82, 2.24) is 20.3 Å². The normalized spacial score (nSPS) is 10.3. The van der Waals surface area contributed by atoms with Crippen molar-refractivity contribution in [2.75, 3.05) is 5.32 Å². The Balaban J connectivity index is 1.69. The molecule has 0 unspecified atom stereocenters. The Morgan fingerprint density at radius 1 is 1.04 bits per heavy atom. The fourth-order valence-corrected chi connectivity index (χ4v) is 2.42. The van der Waals surface area contributed by atoms with E-state index in [1.165, 1.54) is 11.9 Å². The van der Waals surface area contributed by atoms with E-state index in [-0.39, 0.29) is 5.91 Å². The third kappa shape index (κ3) is 4.38. The van der Waals surface area contributed by atoms with Crippen molar-refractivity contribution in [1.29, 1.82) is 0 Å². The Morgan fingerprint density at radius 3 is 2.60 bits per heavy atom. The van der Waals surface area contributed by atoms with Gasteiger partial charge in [-0.2, -0.15) is 0 Å². The second kappa shape index (κ2) is 7.53. The lowest BCUT2D eigenvalue weighted by Gasteiger charge is -2.10. The van der Waals surface area contributed by atoms with Gasteiger partial charge in [-0.05, 0) is 43.2 Å². The summed E-state index contributed by atoms with van der Waals surface area (Å²) in [6, 6.07) is 11.5. The molecule has 0 atom stereocenters. The number of carbonyl (C=O) groups is 1. The molecule has 2 aromatic heterocycles. The van der Waals surface area contributed by atoms with Crippen LogP contribution in [0.25, 0.3) is 0 Å². The quantitative estimate of drug-likeness (QED) is 0.750. The topological polar surface area (TPSA) is 79.8 Å². The van der Waals surface area contributed by atoms with E-state index in [2.05, 4.69) is 31.7 Å². The lowest BCUT2D eigenvalue weighted by molar-refractivity contribution is 0.0946. The summed E-state index contributed by atoms with van der Waals surface area (Å²) in [5.41, 5.74) is 4.55. The van der Waals surface area contributed by atoms with Gasteiger partial charge in [-0.1, -0.05) is 17.7 Å². The second-order valence-electron chi connectivity index (χ2n) is 5.77. The Kier molecular flexibility index (Phi) is 4.99. The summed E-state index contributed by atoms with van der Waals surface area (Å²) in [6.45, 7) is 4.50. The van der Waals surface area contributed by atoms with Crippen LogP contribution in [0.1, 0.15) is 27.2 Å². The van der Waals surface area contributed by atoms with Crippen LogP contribution >= 0.6 is 0 Å². The number of hydrogen-bond donors (Lipinski definition) is 2. The minimum absolute atomic E-state index is 0.247. The van der Waals surface area contributed by atoms with Gasteiger partial charge in [0.25, 0.3) is 5.91 Å². The van der Waals surface area contributed by atoms with Gasteiger partial charge >= 0.3 is 0 Å². The van der Waals surface area contributed by atoms with E-state index < -0.39 is 0 Å². The van der Waals surface area contributed by atoms with Crippen molar-refractivity contribution in [3.8, 4) is 0 Å². The summed E-state index contributed by atoms with van der Waals surface area (Å²) in [5.74, 6) is 0.332. The first-order chi connectivity index (χ1) is 12.1. The maximum absolute atomic E-state index is 12.3. The number of pyridine rings is 1. The molecule has 0 aliphatic heterocycles. The van der Waals surface area contributed by atoms with Gasteiger partial charge < -0.3 is 10.6 Å². The first-order valence-electron chi connectivity index (χ1n) is 7.95. The fraction of sp³-hybridized carbons (Fsp3) is 0.158. The highest BCUT2D eigenvalue weighted by Crippen LogP contribution is 2.20. The fourth-order valence-electron chi connectivity index (χ4n) is 2.42. The summed E-state index contributed by atoms with van der Waals surface area (Å²) >= 11 is 0. The highest BCUT2D eigenvalue weighted by Gasteiger charge is 2.09. The largest absolute Gasteiger partial charge is 0.347 e. The molecule has 0 saturated carbocycles. The van der Waals surface area contributed by atoms with Crippen LogP contribution in [0.15, 0.2) is 55.1 Å². The van der Waals surface area contributed by atoms with Gasteiger partial charge in [0, 0.05) is 30.7 Å². The monoisotopic (exact) mass is 333 g/mol. The van der Waals surface area contributed by atoms with Crippen molar-refractivity contribution < 1.29 is 4.79 Å². The molecular weight excluding hydrogens is 314 g/mol. The third-order valence-electron chi connectivity index (χ3n) is 3.75. The van der Waals surface area contributed by atoms with Gasteiger partial charge in [-0.25, -0.2) is 9.97 Å². The molecule has 1 aromatic carbocycles. The van der Waals surface area contributed by atoms with Crippen LogP contribution in [0.3, 0.4) is 0 Å². The molecule has 6 nitrogen and oxygen atoms in total. The van der Waals surface area contributed by atoms with Crippen molar-refractivity contribution in [3.63, 3.8) is 0 Å². The van der Waals surface area contributed by atoms with Gasteiger partial charge in [0.2, 0.25) is 0 Å². The molecule has 126 valence electrons. The predicted molar refractivity (Wildman–Crippen MR) is 96.6 cm³/mol. The molecule has 6 heteroatoms. The highest BCUT2D eigenvalue weighted by atomic mass is 16.1. The number of rotatable bonds is 5. The van der Waals surface area contributed by atoms with E-state index in [1.54, 1.807) is 18.5 Å². The van der Waals surface area contributed by atoms with Gasteiger partial charge in [0.15, 0.2) is 0 Å². The minimum Gasteiger partial charge on any atom is -0.347 e. The first-order valence-corrected chi connectivity index (χ1v) is 7.95. The number of hydrogen-bond acceptors (Lipinski definition) is 5. The summed E-state index contributed by atoms with van der Waals surface area (Å²) in [7, 11) is 0. The summed E-state index contributed by atoms with van der Waals surface area (Å²) in [4.78, 5) is 24.5. The van der Waals surface area contributed by atoms with Gasteiger partial charge in [0.05, 0.1) is 0 Å². The van der Waals surface area contributed by atoms with E-state index in [9.17, 15) is 4.79 Å². The molecule has 2 heterocycles. The van der Waals surface area contributed by atoms with Crippen LogP contribution < -0.4 is 10.6 Å². The van der Waals surface area contributed by atoms with Crippen LogP contribution in [0.4, 0.5) is 11.5 Å². The molecule has 0 bridgehead atoms. The number of aryl methyl sites for hydroxylation is 2. The average Bonchev–Trinajstić information content (AvgIpc) is 2.63. The van der Waals surface area contributed by atoms with Crippen LogP contribution in [0.5, 0.6) is 0 Å². The standard InChI is InChI=1S/C19H19N5O/c1-13-3-4-16(14(2)9-13)24-18-10-17(22-12-23-18)19(25)21-11-15-5-7-20-8-6-15/h3-10,12H,11H2,1-2H3,(H,21,25)(H,22,23,24). The van der Waals surface area contributed by atoms with E-state index in [0.717, 1.165) is 16.8 Å². The Hall–Kier alpha value is -3.28. The highest BCUT2D eigenvalue weighted by molar-refractivity contribution is 5.92. The molecule has 0 spiro atoms. The van der Waals surface area contributed by atoms with Gasteiger partial charge in [-0.3, -0.25) is 9.78 Å².